The first-order valence-corrected chi connectivity index (χ1v) is 8.99. The van der Waals surface area contributed by atoms with Crippen LogP contribution in [-0.2, 0) is 10.0 Å². The van der Waals surface area contributed by atoms with E-state index in [9.17, 15) is 13.5 Å². The summed E-state index contributed by atoms with van der Waals surface area (Å²) >= 11 is 5.77. The van der Waals surface area contributed by atoms with Crippen LogP contribution in [0.1, 0.15) is 19.9 Å². The van der Waals surface area contributed by atoms with Crippen molar-refractivity contribution in [2.45, 2.75) is 24.8 Å². The number of pyridine rings is 1. The van der Waals surface area contributed by atoms with Gasteiger partial charge in [-0.25, -0.2) is 18.1 Å². The molecule has 0 bridgehead atoms. The summed E-state index contributed by atoms with van der Waals surface area (Å²) in [6, 6.07) is 5.90. The molecule has 0 aliphatic heterocycles. The number of sulfonamides is 1. The highest BCUT2D eigenvalue weighted by Gasteiger charge is 2.21. The van der Waals surface area contributed by atoms with Crippen molar-refractivity contribution in [3.8, 4) is 5.75 Å². The molecule has 0 amide bonds. The van der Waals surface area contributed by atoms with Crippen LogP contribution in [0.2, 0.25) is 5.02 Å². The Morgan fingerprint density at radius 1 is 1.29 bits per heavy atom. The summed E-state index contributed by atoms with van der Waals surface area (Å²) in [5.41, 5.74) is 0.934. The highest BCUT2D eigenvalue weighted by Crippen LogP contribution is 2.31. The van der Waals surface area contributed by atoms with E-state index in [-0.39, 0.29) is 21.6 Å². The lowest BCUT2D eigenvalue weighted by molar-refractivity contribution is 0.459. The minimum absolute atomic E-state index is 0.0374. The van der Waals surface area contributed by atoms with Gasteiger partial charge in [-0.15, -0.1) is 0 Å². The number of anilines is 1. The van der Waals surface area contributed by atoms with Crippen molar-refractivity contribution >= 4 is 38.3 Å². The first-order chi connectivity index (χ1) is 11.3. The van der Waals surface area contributed by atoms with Gasteiger partial charge in [0.2, 0.25) is 0 Å². The smallest absolute Gasteiger partial charge is 0.265 e. The zero-order chi connectivity index (χ0) is 17.5. The third-order valence-corrected chi connectivity index (χ3v) is 5.13. The van der Waals surface area contributed by atoms with Crippen LogP contribution in [0.4, 0.5) is 5.69 Å². The van der Waals surface area contributed by atoms with Crippen molar-refractivity contribution in [3.05, 3.63) is 41.7 Å². The predicted molar refractivity (Wildman–Crippen MR) is 91.8 cm³/mol. The number of phenolic OH excluding ortho intramolecular Hbond substituents is 1. The van der Waals surface area contributed by atoms with Crippen LogP contribution in [0.3, 0.4) is 0 Å². The standard InChI is InChI=1S/C15H15ClN4O3S/c1-9(2)20-15-10(7-18-20)6-11(8-17-15)19-24(22,23)13-5-3-4-12(16)14(13)21/h3-9,19,21H,1-2H3. The number of aromatic hydroxyl groups is 1. The molecule has 0 saturated heterocycles. The molecule has 0 aliphatic rings. The molecular weight excluding hydrogens is 352 g/mol. The van der Waals surface area contributed by atoms with Crippen LogP contribution in [0.25, 0.3) is 11.0 Å². The van der Waals surface area contributed by atoms with Gasteiger partial charge in [0, 0.05) is 11.4 Å². The summed E-state index contributed by atoms with van der Waals surface area (Å²) in [7, 11) is -4.00. The Kier molecular flexibility index (Phi) is 4.10. The Balaban J connectivity index is 1.98. The number of fused-ring (bicyclic) bond motifs is 1. The van der Waals surface area contributed by atoms with Gasteiger partial charge in [-0.1, -0.05) is 17.7 Å². The molecule has 0 aliphatic carbocycles. The van der Waals surface area contributed by atoms with E-state index in [0.29, 0.717) is 11.0 Å². The second-order valence-electron chi connectivity index (χ2n) is 5.51. The maximum Gasteiger partial charge on any atom is 0.265 e. The number of benzene rings is 1. The lowest BCUT2D eigenvalue weighted by Gasteiger charge is -2.10. The number of hydrogen-bond acceptors (Lipinski definition) is 5. The molecule has 0 radical (unpaired) electrons. The monoisotopic (exact) mass is 366 g/mol. The molecule has 0 fully saturated rings. The molecule has 24 heavy (non-hydrogen) atoms. The van der Waals surface area contributed by atoms with E-state index in [4.69, 9.17) is 11.6 Å². The molecule has 2 heterocycles. The molecule has 126 valence electrons. The number of nitrogens with one attached hydrogen (secondary N) is 1. The van der Waals surface area contributed by atoms with Gasteiger partial charge >= 0.3 is 0 Å². The van der Waals surface area contributed by atoms with Gasteiger partial charge < -0.3 is 5.11 Å². The Bertz CT molecular complexity index is 1010. The highest BCUT2D eigenvalue weighted by atomic mass is 35.5. The van der Waals surface area contributed by atoms with Gasteiger partial charge in [0.1, 0.15) is 4.90 Å². The third kappa shape index (κ3) is 2.90. The first-order valence-electron chi connectivity index (χ1n) is 7.13. The van der Waals surface area contributed by atoms with Gasteiger partial charge in [0.05, 0.1) is 23.1 Å². The number of halogens is 1. The molecular formula is C15H15ClN4O3S. The van der Waals surface area contributed by atoms with Gasteiger partial charge in [-0.2, -0.15) is 5.10 Å². The number of aromatic nitrogens is 3. The fourth-order valence-corrected chi connectivity index (χ4v) is 3.68. The molecule has 1 aromatic carbocycles. The SMILES string of the molecule is CC(C)n1ncc2cc(NS(=O)(=O)c3cccc(Cl)c3O)cnc21. The molecule has 3 rings (SSSR count). The maximum absolute atomic E-state index is 12.4. The number of hydrogen-bond donors (Lipinski definition) is 2. The zero-order valence-electron chi connectivity index (χ0n) is 12.9. The van der Waals surface area contributed by atoms with Crippen LogP contribution in [0, 0.1) is 0 Å². The molecule has 0 unspecified atom stereocenters. The van der Waals surface area contributed by atoms with E-state index >= 15 is 0 Å². The van der Waals surface area contributed by atoms with Crippen molar-refractivity contribution in [1.82, 2.24) is 14.8 Å². The largest absolute Gasteiger partial charge is 0.505 e. The van der Waals surface area contributed by atoms with E-state index in [1.807, 2.05) is 13.8 Å². The minimum Gasteiger partial charge on any atom is -0.505 e. The number of phenols is 1. The predicted octanol–water partition coefficient (Wildman–Crippen LogP) is 3.17. The average Bonchev–Trinajstić information content (AvgIpc) is 2.92. The van der Waals surface area contributed by atoms with Gasteiger partial charge in [0.25, 0.3) is 10.0 Å². The summed E-state index contributed by atoms with van der Waals surface area (Å²) in [6.45, 7) is 3.96. The van der Waals surface area contributed by atoms with Gasteiger partial charge in [-0.05, 0) is 32.0 Å². The first kappa shape index (κ1) is 16.5. The van der Waals surface area contributed by atoms with E-state index in [2.05, 4.69) is 14.8 Å². The highest BCUT2D eigenvalue weighted by molar-refractivity contribution is 7.92. The van der Waals surface area contributed by atoms with Crippen LogP contribution < -0.4 is 4.72 Å². The molecule has 9 heteroatoms. The molecule has 0 saturated carbocycles. The van der Waals surface area contributed by atoms with Gasteiger partial charge in [-0.3, -0.25) is 4.72 Å². The van der Waals surface area contributed by atoms with E-state index < -0.39 is 15.8 Å². The zero-order valence-corrected chi connectivity index (χ0v) is 14.5. The fourth-order valence-electron chi connectivity index (χ4n) is 2.30. The van der Waals surface area contributed by atoms with Crippen molar-refractivity contribution < 1.29 is 13.5 Å². The maximum atomic E-state index is 12.4. The molecule has 0 spiro atoms. The summed E-state index contributed by atoms with van der Waals surface area (Å²) in [5, 5.41) is 14.8. The summed E-state index contributed by atoms with van der Waals surface area (Å²) < 4.78 is 29.0. The van der Waals surface area contributed by atoms with Crippen LogP contribution in [-0.4, -0.2) is 28.3 Å². The van der Waals surface area contributed by atoms with E-state index in [0.717, 1.165) is 0 Å². The summed E-state index contributed by atoms with van der Waals surface area (Å²) in [6.07, 6.45) is 3.03. The number of nitrogens with zero attached hydrogens (tertiary/aromatic N) is 3. The molecule has 0 atom stereocenters. The minimum atomic E-state index is -4.00. The number of para-hydroxylation sites is 1. The lowest BCUT2D eigenvalue weighted by atomic mass is 10.3. The Hall–Kier alpha value is -2.32. The van der Waals surface area contributed by atoms with Crippen LogP contribution in [0.15, 0.2) is 41.6 Å². The topological polar surface area (TPSA) is 97.1 Å². The summed E-state index contributed by atoms with van der Waals surface area (Å²) in [4.78, 5) is 3.97. The Morgan fingerprint density at radius 2 is 2.04 bits per heavy atom. The lowest BCUT2D eigenvalue weighted by Crippen LogP contribution is -2.13. The second kappa shape index (κ2) is 5.95. The number of rotatable bonds is 4. The quantitative estimate of drug-likeness (QED) is 0.739. The Labute approximate surface area is 144 Å². The van der Waals surface area contributed by atoms with Gasteiger partial charge in [0.15, 0.2) is 11.4 Å². The van der Waals surface area contributed by atoms with E-state index in [1.165, 1.54) is 24.4 Å². The van der Waals surface area contributed by atoms with Crippen molar-refractivity contribution in [3.63, 3.8) is 0 Å². The van der Waals surface area contributed by atoms with E-state index in [1.54, 1.807) is 16.9 Å². The van der Waals surface area contributed by atoms with Crippen LogP contribution in [0.5, 0.6) is 5.75 Å². The molecule has 2 N–H and O–H groups in total. The van der Waals surface area contributed by atoms with Crippen molar-refractivity contribution in [1.29, 1.82) is 0 Å². The fraction of sp³-hybridized carbons (Fsp3) is 0.200. The molecule has 7 nitrogen and oxygen atoms in total. The average molecular weight is 367 g/mol. The van der Waals surface area contributed by atoms with Crippen LogP contribution >= 0.6 is 11.6 Å². The third-order valence-electron chi connectivity index (χ3n) is 3.41. The summed E-state index contributed by atoms with van der Waals surface area (Å²) in [5.74, 6) is -0.492. The Morgan fingerprint density at radius 3 is 2.75 bits per heavy atom. The second-order valence-corrected chi connectivity index (χ2v) is 7.57. The van der Waals surface area contributed by atoms with Crippen molar-refractivity contribution in [2.24, 2.45) is 0 Å². The normalized spacial score (nSPS) is 12.0. The molecule has 2 aromatic heterocycles. The van der Waals surface area contributed by atoms with Crippen molar-refractivity contribution in [2.75, 3.05) is 4.72 Å². The molecule has 3 aromatic rings.